The molecule has 0 bridgehead atoms. The lowest BCUT2D eigenvalue weighted by Gasteiger charge is -2.35. The van der Waals surface area contributed by atoms with E-state index in [1.807, 2.05) is 17.4 Å². The van der Waals surface area contributed by atoms with Crippen LogP contribution in [0.1, 0.15) is 20.3 Å². The highest BCUT2D eigenvalue weighted by atomic mass is 15.5. The summed E-state index contributed by atoms with van der Waals surface area (Å²) in [5.41, 5.74) is 1.52. The Kier molecular flexibility index (Phi) is 1.19. The second kappa shape index (κ2) is 1.97. The average Bonchev–Trinajstić information content (AvgIpc) is 2.34. The average molecular weight is 148 g/mol. The van der Waals surface area contributed by atoms with Crippen LogP contribution in [0.3, 0.4) is 0 Å². The van der Waals surface area contributed by atoms with Gasteiger partial charge in [0, 0.05) is 12.4 Å². The molecule has 0 aliphatic carbocycles. The molecule has 0 spiro atoms. The van der Waals surface area contributed by atoms with Gasteiger partial charge in [-0.15, -0.1) is 0 Å². The first-order chi connectivity index (χ1) is 5.23. The van der Waals surface area contributed by atoms with Crippen molar-refractivity contribution >= 4 is 6.21 Å². The van der Waals surface area contributed by atoms with Crippen molar-refractivity contribution in [1.29, 1.82) is 0 Å². The van der Waals surface area contributed by atoms with E-state index in [1.54, 1.807) is 0 Å². The number of fused-ring (bicyclic) bond motifs is 1. The molecule has 2 nitrogen and oxygen atoms in total. The van der Waals surface area contributed by atoms with Gasteiger partial charge in [0.15, 0.2) is 0 Å². The first kappa shape index (κ1) is 6.65. The monoisotopic (exact) mass is 148 g/mol. The summed E-state index contributed by atoms with van der Waals surface area (Å²) in [5.74, 6) is 0. The zero-order valence-electron chi connectivity index (χ0n) is 6.91. The molecule has 0 aromatic carbocycles. The quantitative estimate of drug-likeness (QED) is 0.512. The molecule has 1 atom stereocenters. The Bertz CT molecular complexity index is 263. The maximum Gasteiger partial charge on any atom is 0.0843 e. The van der Waals surface area contributed by atoms with Crippen LogP contribution in [0.2, 0.25) is 0 Å². The predicted molar refractivity (Wildman–Crippen MR) is 46.3 cm³/mol. The minimum absolute atomic E-state index is 0.134. The van der Waals surface area contributed by atoms with Crippen molar-refractivity contribution in [3.63, 3.8) is 0 Å². The molecule has 0 saturated heterocycles. The van der Waals surface area contributed by atoms with Gasteiger partial charge in [0.05, 0.1) is 5.54 Å². The Balaban J connectivity index is 2.41. The largest absolute Gasteiger partial charge is 0.263 e. The second-order valence-electron chi connectivity index (χ2n) is 3.32. The van der Waals surface area contributed by atoms with E-state index < -0.39 is 0 Å². The first-order valence-corrected chi connectivity index (χ1v) is 3.91. The number of hydrazone groups is 1. The molecule has 2 aliphatic rings. The summed E-state index contributed by atoms with van der Waals surface area (Å²) in [5, 5.41) is 6.29. The number of hydrogen-bond donors (Lipinski definition) is 0. The summed E-state index contributed by atoms with van der Waals surface area (Å²) in [4.78, 5) is 0. The molecule has 0 aromatic rings. The van der Waals surface area contributed by atoms with Crippen LogP contribution in [0.25, 0.3) is 0 Å². The SMILES string of the molecule is CC1=CC=NN2C=CCC12C. The molecule has 1 unspecified atom stereocenters. The van der Waals surface area contributed by atoms with Gasteiger partial charge in [-0.1, -0.05) is 6.08 Å². The predicted octanol–water partition coefficient (Wildman–Crippen LogP) is 1.91. The molecule has 58 valence electrons. The Morgan fingerprint density at radius 2 is 2.45 bits per heavy atom. The molecule has 0 N–H and O–H groups in total. The summed E-state index contributed by atoms with van der Waals surface area (Å²) in [6.07, 6.45) is 9.23. The van der Waals surface area contributed by atoms with Crippen molar-refractivity contribution in [1.82, 2.24) is 5.01 Å². The summed E-state index contributed by atoms with van der Waals surface area (Å²) < 4.78 is 0. The molecule has 0 radical (unpaired) electrons. The zero-order valence-corrected chi connectivity index (χ0v) is 6.91. The zero-order chi connectivity index (χ0) is 7.90. The van der Waals surface area contributed by atoms with Crippen LogP contribution in [-0.2, 0) is 0 Å². The number of nitrogens with zero attached hydrogens (tertiary/aromatic N) is 2. The molecule has 2 heteroatoms. The summed E-state index contributed by atoms with van der Waals surface area (Å²) in [6.45, 7) is 4.38. The lowest BCUT2D eigenvalue weighted by Crippen LogP contribution is -2.39. The Hall–Kier alpha value is -1.05. The van der Waals surface area contributed by atoms with Gasteiger partial charge in [-0.3, -0.25) is 5.01 Å². The van der Waals surface area contributed by atoms with Crippen molar-refractivity contribution in [2.24, 2.45) is 5.10 Å². The third-order valence-electron chi connectivity index (χ3n) is 2.63. The van der Waals surface area contributed by atoms with Crippen molar-refractivity contribution < 1.29 is 0 Å². The molecular weight excluding hydrogens is 136 g/mol. The van der Waals surface area contributed by atoms with E-state index in [-0.39, 0.29) is 5.54 Å². The highest BCUT2D eigenvalue weighted by Crippen LogP contribution is 2.35. The van der Waals surface area contributed by atoms with Crippen LogP contribution >= 0.6 is 0 Å². The molecule has 0 fully saturated rings. The van der Waals surface area contributed by atoms with E-state index in [1.165, 1.54) is 5.57 Å². The van der Waals surface area contributed by atoms with E-state index in [0.717, 1.165) is 6.42 Å². The highest BCUT2D eigenvalue weighted by molar-refractivity contribution is 5.74. The molecule has 0 saturated carbocycles. The van der Waals surface area contributed by atoms with E-state index in [2.05, 4.69) is 31.1 Å². The van der Waals surface area contributed by atoms with Crippen LogP contribution in [0.4, 0.5) is 0 Å². The van der Waals surface area contributed by atoms with Crippen molar-refractivity contribution in [3.05, 3.63) is 23.9 Å². The van der Waals surface area contributed by atoms with Gasteiger partial charge in [0.2, 0.25) is 0 Å². The lowest BCUT2D eigenvalue weighted by atomic mass is 9.90. The van der Waals surface area contributed by atoms with Gasteiger partial charge >= 0.3 is 0 Å². The molecule has 0 amide bonds. The number of allylic oxidation sites excluding steroid dienone is 1. The third kappa shape index (κ3) is 0.754. The summed E-state index contributed by atoms with van der Waals surface area (Å²) in [6, 6.07) is 0. The van der Waals surface area contributed by atoms with Crippen molar-refractivity contribution in [2.45, 2.75) is 25.8 Å². The molecule has 2 rings (SSSR count). The van der Waals surface area contributed by atoms with E-state index in [4.69, 9.17) is 0 Å². The van der Waals surface area contributed by atoms with Crippen molar-refractivity contribution in [2.75, 3.05) is 0 Å². The fourth-order valence-electron chi connectivity index (χ4n) is 1.54. The van der Waals surface area contributed by atoms with Gasteiger partial charge in [-0.05, 0) is 31.9 Å². The molecule has 2 aliphatic heterocycles. The van der Waals surface area contributed by atoms with E-state index in [0.29, 0.717) is 0 Å². The van der Waals surface area contributed by atoms with Crippen LogP contribution in [0, 0.1) is 0 Å². The highest BCUT2D eigenvalue weighted by Gasteiger charge is 2.35. The molecule has 0 aromatic heterocycles. The van der Waals surface area contributed by atoms with Gasteiger partial charge < -0.3 is 0 Å². The van der Waals surface area contributed by atoms with Gasteiger partial charge in [-0.25, -0.2) is 0 Å². The van der Waals surface area contributed by atoms with Crippen LogP contribution in [0.5, 0.6) is 0 Å². The minimum atomic E-state index is 0.134. The number of hydrogen-bond acceptors (Lipinski definition) is 2. The van der Waals surface area contributed by atoms with Gasteiger partial charge in [0.25, 0.3) is 0 Å². The van der Waals surface area contributed by atoms with Crippen LogP contribution < -0.4 is 0 Å². The lowest BCUT2D eigenvalue weighted by molar-refractivity contribution is 0.234. The van der Waals surface area contributed by atoms with Gasteiger partial charge in [-0.2, -0.15) is 5.10 Å². The summed E-state index contributed by atoms with van der Waals surface area (Å²) >= 11 is 0. The maximum atomic E-state index is 4.26. The van der Waals surface area contributed by atoms with E-state index in [9.17, 15) is 0 Å². The molecule has 2 heterocycles. The Morgan fingerprint density at radius 3 is 3.18 bits per heavy atom. The van der Waals surface area contributed by atoms with Crippen molar-refractivity contribution in [3.8, 4) is 0 Å². The Labute approximate surface area is 66.9 Å². The number of rotatable bonds is 0. The Morgan fingerprint density at radius 1 is 1.64 bits per heavy atom. The van der Waals surface area contributed by atoms with E-state index >= 15 is 0 Å². The molecule has 11 heavy (non-hydrogen) atoms. The second-order valence-corrected chi connectivity index (χ2v) is 3.32. The minimum Gasteiger partial charge on any atom is -0.263 e. The summed E-state index contributed by atoms with van der Waals surface area (Å²) in [7, 11) is 0. The van der Waals surface area contributed by atoms with Gasteiger partial charge in [0.1, 0.15) is 0 Å². The van der Waals surface area contributed by atoms with Crippen LogP contribution in [0.15, 0.2) is 29.0 Å². The fourth-order valence-corrected chi connectivity index (χ4v) is 1.54. The fraction of sp³-hybridized carbons (Fsp3) is 0.444. The molecular formula is C9H12N2. The third-order valence-corrected chi connectivity index (χ3v) is 2.63. The normalized spacial score (nSPS) is 34.0. The first-order valence-electron chi connectivity index (χ1n) is 3.91. The topological polar surface area (TPSA) is 15.6 Å². The van der Waals surface area contributed by atoms with Crippen LogP contribution in [-0.4, -0.2) is 16.8 Å². The smallest absolute Gasteiger partial charge is 0.0843 e. The standard InChI is InChI=1S/C9H12N2/c1-8-4-6-10-11-7-3-5-9(8,11)2/h3-4,6-7H,5H2,1-2H3. The maximum absolute atomic E-state index is 4.26.